The van der Waals surface area contributed by atoms with E-state index in [0.717, 1.165) is 6.42 Å². The molecule has 0 saturated heterocycles. The molecule has 0 amide bonds. The average molecular weight is 678 g/mol. The zero-order valence-corrected chi connectivity index (χ0v) is 30.1. The quantitative estimate of drug-likeness (QED) is 0.179. The van der Waals surface area contributed by atoms with Crippen molar-refractivity contribution in [3.8, 4) is 33.4 Å². The third kappa shape index (κ3) is 4.08. The highest BCUT2D eigenvalue weighted by molar-refractivity contribution is 5.98. The first-order valence-corrected chi connectivity index (χ1v) is 19.0. The summed E-state index contributed by atoms with van der Waals surface area (Å²) in [5.41, 5.74) is 21.1. The van der Waals surface area contributed by atoms with E-state index in [1.807, 2.05) is 0 Å². The van der Waals surface area contributed by atoms with Gasteiger partial charge in [0.15, 0.2) is 0 Å². The van der Waals surface area contributed by atoms with Gasteiger partial charge in [0.25, 0.3) is 0 Å². The number of anilines is 2. The minimum atomic E-state index is -0.339. The fourth-order valence-corrected chi connectivity index (χ4v) is 10.4. The lowest BCUT2D eigenvalue weighted by molar-refractivity contribution is 0.654. The van der Waals surface area contributed by atoms with Crippen LogP contribution in [-0.2, 0) is 10.8 Å². The van der Waals surface area contributed by atoms with Crippen molar-refractivity contribution in [1.29, 1.82) is 0 Å². The number of hydrogen-bond acceptors (Lipinski definition) is 1. The molecule has 1 atom stereocenters. The molecule has 7 aromatic carbocycles. The van der Waals surface area contributed by atoms with Gasteiger partial charge in [0.05, 0.1) is 11.5 Å². The summed E-state index contributed by atoms with van der Waals surface area (Å²) in [6.07, 6.45) is 5.83. The zero-order chi connectivity index (χ0) is 35.3. The van der Waals surface area contributed by atoms with Crippen molar-refractivity contribution in [2.75, 3.05) is 4.90 Å². The van der Waals surface area contributed by atoms with Crippen LogP contribution in [0, 0.1) is 0 Å². The summed E-state index contributed by atoms with van der Waals surface area (Å²) in [5.74, 6) is 0. The van der Waals surface area contributed by atoms with Crippen molar-refractivity contribution in [2.45, 2.75) is 37.1 Å². The average Bonchev–Trinajstić information content (AvgIpc) is 3.77. The first kappa shape index (κ1) is 30.4. The molecule has 0 heterocycles. The molecule has 0 saturated carbocycles. The van der Waals surface area contributed by atoms with Gasteiger partial charge in [0.1, 0.15) is 0 Å². The number of fused-ring (bicyclic) bond motifs is 12. The van der Waals surface area contributed by atoms with E-state index in [1.165, 1.54) is 89.3 Å². The number of hydrogen-bond donors (Lipinski definition) is 0. The Morgan fingerprint density at radius 2 is 0.981 bits per heavy atom. The van der Waals surface area contributed by atoms with Crippen LogP contribution in [-0.4, -0.2) is 6.04 Å². The predicted octanol–water partition coefficient (Wildman–Crippen LogP) is 12.9. The zero-order valence-electron chi connectivity index (χ0n) is 30.1. The molecule has 11 rings (SSSR count). The fraction of sp³-hybridized carbons (Fsp3) is 0.115. The monoisotopic (exact) mass is 677 g/mol. The molecule has 4 aliphatic carbocycles. The summed E-state index contributed by atoms with van der Waals surface area (Å²) in [5, 5.41) is 0. The smallest absolute Gasteiger partial charge is 0.0689 e. The summed E-state index contributed by atoms with van der Waals surface area (Å²) >= 11 is 0. The maximum absolute atomic E-state index is 2.64. The van der Waals surface area contributed by atoms with Crippen LogP contribution in [0.2, 0.25) is 0 Å². The Morgan fingerprint density at radius 1 is 0.472 bits per heavy atom. The highest BCUT2D eigenvalue weighted by Crippen LogP contribution is 2.64. The van der Waals surface area contributed by atoms with Crippen molar-refractivity contribution in [2.24, 2.45) is 0 Å². The van der Waals surface area contributed by atoms with Gasteiger partial charge in [-0.05, 0) is 97.0 Å². The van der Waals surface area contributed by atoms with Crippen molar-refractivity contribution >= 4 is 16.9 Å². The Balaban J connectivity index is 1.13. The molecule has 0 aromatic heterocycles. The first-order chi connectivity index (χ1) is 26.1. The van der Waals surface area contributed by atoms with Gasteiger partial charge in [-0.25, -0.2) is 0 Å². The van der Waals surface area contributed by atoms with Crippen LogP contribution in [0.1, 0.15) is 53.6 Å². The van der Waals surface area contributed by atoms with Crippen LogP contribution in [0.15, 0.2) is 188 Å². The van der Waals surface area contributed by atoms with Gasteiger partial charge >= 0.3 is 0 Å². The number of nitrogens with zero attached hydrogens (tertiary/aromatic N) is 1. The minimum Gasteiger partial charge on any atom is -0.334 e. The van der Waals surface area contributed by atoms with Gasteiger partial charge < -0.3 is 4.90 Å². The van der Waals surface area contributed by atoms with E-state index in [2.05, 4.69) is 201 Å². The molecule has 1 heteroatoms. The van der Waals surface area contributed by atoms with Crippen LogP contribution in [0.4, 0.5) is 11.4 Å². The summed E-state index contributed by atoms with van der Waals surface area (Å²) in [4.78, 5) is 2.64. The number of para-hydroxylation sites is 1. The van der Waals surface area contributed by atoms with Crippen LogP contribution < -0.4 is 4.90 Å². The molecule has 53 heavy (non-hydrogen) atoms. The van der Waals surface area contributed by atoms with Crippen LogP contribution in [0.5, 0.6) is 0 Å². The third-order valence-corrected chi connectivity index (χ3v) is 12.7. The van der Waals surface area contributed by atoms with Gasteiger partial charge in [-0.3, -0.25) is 0 Å². The summed E-state index contributed by atoms with van der Waals surface area (Å²) in [6, 6.07) is 63.6. The van der Waals surface area contributed by atoms with Gasteiger partial charge in [-0.1, -0.05) is 178 Å². The number of allylic oxidation sites excluding steroid dienone is 2. The van der Waals surface area contributed by atoms with Crippen LogP contribution in [0.3, 0.4) is 0 Å². The molecule has 1 unspecified atom stereocenters. The highest BCUT2D eigenvalue weighted by atomic mass is 15.2. The second-order valence-electron chi connectivity index (χ2n) is 15.6. The lowest BCUT2D eigenvalue weighted by Gasteiger charge is -2.40. The molecule has 0 radical (unpaired) electrons. The van der Waals surface area contributed by atoms with Crippen LogP contribution in [0.25, 0.3) is 39.0 Å². The van der Waals surface area contributed by atoms with Gasteiger partial charge in [0, 0.05) is 22.4 Å². The van der Waals surface area contributed by atoms with E-state index in [-0.39, 0.29) is 16.9 Å². The van der Waals surface area contributed by atoms with Crippen LogP contribution >= 0.6 is 0 Å². The van der Waals surface area contributed by atoms with Crippen molar-refractivity contribution in [3.05, 3.63) is 221 Å². The van der Waals surface area contributed by atoms with E-state index in [9.17, 15) is 0 Å². The Bertz CT molecular complexity index is 2640. The summed E-state index contributed by atoms with van der Waals surface area (Å²) in [7, 11) is 0. The first-order valence-electron chi connectivity index (χ1n) is 19.0. The number of rotatable bonds is 4. The maximum Gasteiger partial charge on any atom is 0.0689 e. The molecule has 0 N–H and O–H groups in total. The molecule has 1 nitrogen and oxygen atoms in total. The number of benzene rings is 7. The molecule has 1 spiro atoms. The molecule has 0 bridgehead atoms. The second-order valence-corrected chi connectivity index (χ2v) is 15.6. The summed E-state index contributed by atoms with van der Waals surface area (Å²) < 4.78 is 0. The predicted molar refractivity (Wildman–Crippen MR) is 221 cm³/mol. The SMILES string of the molecule is CC1(C)c2ccccc2-c2ccc(N(c3ccccc3-c3ccccc3)C3C=CC4=C(C3)C3(c5ccccc54)c4ccccc4-c4ccccc43)cc21. The van der Waals surface area contributed by atoms with Gasteiger partial charge in [-0.2, -0.15) is 0 Å². The van der Waals surface area contributed by atoms with Gasteiger partial charge in [-0.15, -0.1) is 0 Å². The molecule has 7 aromatic rings. The van der Waals surface area contributed by atoms with E-state index in [4.69, 9.17) is 0 Å². The lowest BCUT2D eigenvalue weighted by Crippen LogP contribution is -2.36. The molecular weight excluding hydrogens is 639 g/mol. The second kappa shape index (κ2) is 11.2. The minimum absolute atomic E-state index is 0.0784. The van der Waals surface area contributed by atoms with Gasteiger partial charge in [0.2, 0.25) is 0 Å². The Labute approximate surface area is 312 Å². The fourth-order valence-electron chi connectivity index (χ4n) is 10.4. The molecule has 0 aliphatic heterocycles. The normalized spacial score (nSPS) is 17.5. The molecule has 4 aliphatic rings. The third-order valence-electron chi connectivity index (χ3n) is 12.7. The highest BCUT2D eigenvalue weighted by Gasteiger charge is 2.53. The molecular formula is C52H39N. The molecule has 0 fully saturated rings. The van der Waals surface area contributed by atoms with Crippen molar-refractivity contribution < 1.29 is 0 Å². The summed E-state index contributed by atoms with van der Waals surface area (Å²) in [6.45, 7) is 4.77. The van der Waals surface area contributed by atoms with E-state index < -0.39 is 0 Å². The Morgan fingerprint density at radius 3 is 1.66 bits per heavy atom. The van der Waals surface area contributed by atoms with E-state index >= 15 is 0 Å². The topological polar surface area (TPSA) is 3.24 Å². The standard InChI is InChI=1S/C52H39N/c1-51(2)44-23-11-6-19-38(44)42-30-28-35(32-48(42)51)53(50-27-15-10-18-37(50)34-16-4-3-5-17-34)36-29-31-43-41-22-9-14-26-47(41)52(49(43)33-36)45-24-12-7-20-39(45)40-21-8-13-25-46(40)52/h3-32,36H,33H2,1-2H3. The van der Waals surface area contributed by atoms with E-state index in [1.54, 1.807) is 0 Å². The maximum atomic E-state index is 2.64. The molecule has 252 valence electrons. The largest absolute Gasteiger partial charge is 0.334 e. The van der Waals surface area contributed by atoms with Crippen molar-refractivity contribution in [1.82, 2.24) is 0 Å². The lowest BCUT2D eigenvalue weighted by atomic mass is 9.67. The van der Waals surface area contributed by atoms with Crippen molar-refractivity contribution in [3.63, 3.8) is 0 Å². The Hall–Kier alpha value is -6.18. The van der Waals surface area contributed by atoms with E-state index in [0.29, 0.717) is 0 Å². The Kier molecular flexibility index (Phi) is 6.41.